The van der Waals surface area contributed by atoms with Crippen LogP contribution >= 0.6 is 11.5 Å². The van der Waals surface area contributed by atoms with Crippen LogP contribution in [-0.2, 0) is 7.05 Å². The molecular formula is C19H23N8S+. The van der Waals surface area contributed by atoms with Crippen molar-refractivity contribution in [2.75, 3.05) is 18.4 Å². The van der Waals surface area contributed by atoms with Crippen LogP contribution in [0.1, 0.15) is 30.1 Å². The van der Waals surface area contributed by atoms with Crippen LogP contribution in [0.4, 0.5) is 10.8 Å². The van der Waals surface area contributed by atoms with Crippen LogP contribution in [0.2, 0.25) is 0 Å². The lowest BCUT2D eigenvalue weighted by Crippen LogP contribution is -2.86. The van der Waals surface area contributed by atoms with Gasteiger partial charge in [0.05, 0.1) is 42.8 Å². The first-order valence-electron chi connectivity index (χ1n) is 9.57. The first kappa shape index (κ1) is 17.3. The number of anilines is 2. The van der Waals surface area contributed by atoms with Crippen LogP contribution in [0.3, 0.4) is 0 Å². The summed E-state index contributed by atoms with van der Waals surface area (Å²) in [6.07, 6.45) is 8.14. The fraction of sp³-hybridized carbons (Fsp3) is 0.368. The average molecular weight is 396 g/mol. The molecule has 0 radical (unpaired) electrons. The summed E-state index contributed by atoms with van der Waals surface area (Å²) in [5.41, 5.74) is 5.02. The van der Waals surface area contributed by atoms with Gasteiger partial charge in [0.15, 0.2) is 5.65 Å². The van der Waals surface area contributed by atoms with Crippen LogP contribution < -0.4 is 10.6 Å². The SMILES string of the molecule is Cc1cc(Nc2cc([C@@H]3CCC[NH2+]C3)nc3c(-c4cnn(C)c4)cnn23)sn1. The minimum Gasteiger partial charge on any atom is -0.346 e. The lowest BCUT2D eigenvalue weighted by molar-refractivity contribution is -0.664. The molecule has 0 unspecified atom stereocenters. The summed E-state index contributed by atoms with van der Waals surface area (Å²) >= 11 is 1.46. The second-order valence-corrected chi connectivity index (χ2v) is 8.18. The predicted octanol–water partition coefficient (Wildman–Crippen LogP) is 2.08. The second-order valence-electron chi connectivity index (χ2n) is 7.37. The highest BCUT2D eigenvalue weighted by Gasteiger charge is 2.23. The van der Waals surface area contributed by atoms with Crippen LogP contribution in [0.5, 0.6) is 0 Å². The minimum atomic E-state index is 0.458. The van der Waals surface area contributed by atoms with Crippen molar-refractivity contribution in [3.05, 3.63) is 42.1 Å². The fourth-order valence-corrected chi connectivity index (χ4v) is 4.48. The van der Waals surface area contributed by atoms with Crippen LogP contribution in [0.25, 0.3) is 16.8 Å². The number of piperidine rings is 1. The highest BCUT2D eigenvalue weighted by molar-refractivity contribution is 7.10. The lowest BCUT2D eigenvalue weighted by Gasteiger charge is -2.20. The molecule has 8 nitrogen and oxygen atoms in total. The first-order valence-corrected chi connectivity index (χ1v) is 10.3. The van der Waals surface area contributed by atoms with Gasteiger partial charge < -0.3 is 10.6 Å². The van der Waals surface area contributed by atoms with E-state index < -0.39 is 0 Å². The maximum absolute atomic E-state index is 5.04. The molecule has 4 aromatic heterocycles. The van der Waals surface area contributed by atoms with Gasteiger partial charge in [0.25, 0.3) is 0 Å². The highest BCUT2D eigenvalue weighted by Crippen LogP contribution is 2.30. The van der Waals surface area contributed by atoms with Gasteiger partial charge in [0, 0.05) is 30.4 Å². The van der Waals surface area contributed by atoms with E-state index in [0.717, 1.165) is 45.5 Å². The topological polar surface area (TPSA) is 89.5 Å². The number of nitrogens with two attached hydrogens (primary N) is 1. The molecule has 0 aromatic carbocycles. The maximum atomic E-state index is 5.04. The molecule has 4 aromatic rings. The van der Waals surface area contributed by atoms with Crippen molar-refractivity contribution in [2.45, 2.75) is 25.7 Å². The van der Waals surface area contributed by atoms with Crippen molar-refractivity contribution in [2.24, 2.45) is 7.05 Å². The number of nitrogens with one attached hydrogen (secondary N) is 1. The van der Waals surface area contributed by atoms with Gasteiger partial charge in [0.1, 0.15) is 10.8 Å². The molecule has 1 atom stereocenters. The van der Waals surface area contributed by atoms with Gasteiger partial charge in [-0.1, -0.05) is 0 Å². The number of fused-ring (bicyclic) bond motifs is 1. The summed E-state index contributed by atoms with van der Waals surface area (Å²) < 4.78 is 8.06. The maximum Gasteiger partial charge on any atom is 0.165 e. The van der Waals surface area contributed by atoms with Crippen molar-refractivity contribution in [3.8, 4) is 11.1 Å². The highest BCUT2D eigenvalue weighted by atomic mass is 32.1. The number of aryl methyl sites for hydroxylation is 2. The molecule has 1 aliphatic heterocycles. The normalized spacial score (nSPS) is 17.3. The molecule has 5 heterocycles. The minimum absolute atomic E-state index is 0.458. The Balaban J connectivity index is 1.64. The van der Waals surface area contributed by atoms with Crippen molar-refractivity contribution in [1.29, 1.82) is 0 Å². The van der Waals surface area contributed by atoms with E-state index in [4.69, 9.17) is 4.98 Å². The zero-order valence-corrected chi connectivity index (χ0v) is 16.8. The van der Waals surface area contributed by atoms with Gasteiger partial charge in [-0.3, -0.25) is 4.68 Å². The predicted molar refractivity (Wildman–Crippen MR) is 109 cm³/mol. The molecule has 0 spiro atoms. The fourth-order valence-electron chi connectivity index (χ4n) is 3.81. The van der Waals surface area contributed by atoms with Gasteiger partial charge >= 0.3 is 0 Å². The Hall–Kier alpha value is -2.78. The average Bonchev–Trinajstić information content (AvgIpc) is 3.42. The standard InChI is InChI=1S/C19H22N8S/c1-12-6-18(28-25-12)24-17-7-16(13-4-3-5-20-8-13)23-19-15(10-22-27(17)19)14-9-21-26(2)11-14/h6-7,9-11,13,20,24H,3-5,8H2,1-2H3/p+1/t13-/m1/s1. The Kier molecular flexibility index (Phi) is 4.33. The molecule has 0 saturated carbocycles. The zero-order chi connectivity index (χ0) is 19.1. The Morgan fingerprint density at radius 1 is 1.25 bits per heavy atom. The molecule has 1 fully saturated rings. The van der Waals surface area contributed by atoms with E-state index >= 15 is 0 Å². The Labute approximate surface area is 166 Å². The summed E-state index contributed by atoms with van der Waals surface area (Å²) in [7, 11) is 1.92. The van der Waals surface area contributed by atoms with Gasteiger partial charge in [-0.05, 0) is 37.4 Å². The third-order valence-electron chi connectivity index (χ3n) is 5.22. The van der Waals surface area contributed by atoms with Gasteiger partial charge in [-0.25, -0.2) is 4.98 Å². The summed E-state index contributed by atoms with van der Waals surface area (Å²) in [6, 6.07) is 4.20. The van der Waals surface area contributed by atoms with Crippen molar-refractivity contribution in [3.63, 3.8) is 0 Å². The summed E-state index contributed by atoms with van der Waals surface area (Å²) in [6.45, 7) is 4.29. The third-order valence-corrected chi connectivity index (χ3v) is 6.01. The van der Waals surface area contributed by atoms with Crippen LogP contribution in [0.15, 0.2) is 30.7 Å². The monoisotopic (exact) mass is 395 g/mol. The van der Waals surface area contributed by atoms with E-state index in [9.17, 15) is 0 Å². The molecule has 28 heavy (non-hydrogen) atoms. The van der Waals surface area contributed by atoms with Crippen molar-refractivity contribution >= 4 is 28.0 Å². The molecular weight excluding hydrogens is 372 g/mol. The van der Waals surface area contributed by atoms with E-state index in [2.05, 4.69) is 37.3 Å². The number of hydrogen-bond acceptors (Lipinski definition) is 6. The van der Waals surface area contributed by atoms with E-state index in [1.165, 1.54) is 30.9 Å². The van der Waals surface area contributed by atoms with Gasteiger partial charge in [0.2, 0.25) is 0 Å². The number of hydrogen-bond donors (Lipinski definition) is 2. The molecule has 9 heteroatoms. The molecule has 5 rings (SSSR count). The van der Waals surface area contributed by atoms with Gasteiger partial charge in [-0.2, -0.15) is 19.1 Å². The third kappa shape index (κ3) is 3.16. The molecule has 0 bridgehead atoms. The molecule has 0 aliphatic carbocycles. The molecule has 0 amide bonds. The summed E-state index contributed by atoms with van der Waals surface area (Å²) in [4.78, 5) is 5.04. The molecule has 1 saturated heterocycles. The molecule has 1 aliphatic rings. The van der Waals surface area contributed by atoms with Crippen molar-refractivity contribution in [1.82, 2.24) is 28.8 Å². The second kappa shape index (κ2) is 6.99. The number of quaternary nitrogens is 1. The molecule has 3 N–H and O–H groups in total. The Bertz CT molecular complexity index is 1120. The number of rotatable bonds is 4. The van der Waals surface area contributed by atoms with E-state index in [1.54, 1.807) is 4.68 Å². The number of aromatic nitrogens is 6. The van der Waals surface area contributed by atoms with Crippen LogP contribution in [-0.4, -0.2) is 41.8 Å². The summed E-state index contributed by atoms with van der Waals surface area (Å²) in [5.74, 6) is 1.38. The van der Waals surface area contributed by atoms with Gasteiger partial charge in [-0.15, -0.1) is 0 Å². The zero-order valence-electron chi connectivity index (χ0n) is 16.0. The lowest BCUT2D eigenvalue weighted by atomic mass is 9.96. The Morgan fingerprint density at radius 2 is 2.18 bits per heavy atom. The largest absolute Gasteiger partial charge is 0.346 e. The summed E-state index contributed by atoms with van der Waals surface area (Å²) in [5, 5.41) is 15.8. The molecule has 144 valence electrons. The smallest absolute Gasteiger partial charge is 0.165 e. The quantitative estimate of drug-likeness (QED) is 0.552. The van der Waals surface area contributed by atoms with E-state index in [0.29, 0.717) is 5.92 Å². The van der Waals surface area contributed by atoms with Crippen LogP contribution in [0, 0.1) is 6.92 Å². The Morgan fingerprint density at radius 3 is 2.89 bits per heavy atom. The van der Waals surface area contributed by atoms with Crippen molar-refractivity contribution < 1.29 is 5.32 Å². The van der Waals surface area contributed by atoms with E-state index in [-0.39, 0.29) is 0 Å². The van der Waals surface area contributed by atoms with E-state index in [1.807, 2.05) is 37.1 Å². The number of nitrogens with zero attached hydrogens (tertiary/aromatic N) is 6. The first-order chi connectivity index (χ1) is 13.7.